The third-order valence-corrected chi connectivity index (χ3v) is 4.59. The van der Waals surface area contributed by atoms with Gasteiger partial charge in [0, 0.05) is 16.6 Å². The van der Waals surface area contributed by atoms with Gasteiger partial charge in [0.1, 0.15) is 6.10 Å². The second-order valence-electron chi connectivity index (χ2n) is 3.94. The van der Waals surface area contributed by atoms with Gasteiger partial charge < -0.3 is 4.74 Å². The molecule has 0 aromatic heterocycles. The van der Waals surface area contributed by atoms with Crippen molar-refractivity contribution in [2.45, 2.75) is 43.5 Å². The average molecular weight is 328 g/mol. The molecule has 1 fully saturated rings. The number of carbonyl (C=O) groups is 1. The summed E-state index contributed by atoms with van der Waals surface area (Å²) in [7, 11) is 0. The van der Waals surface area contributed by atoms with Crippen LogP contribution in [0.1, 0.15) is 32.6 Å². The first kappa shape index (κ1) is 12.5. The van der Waals surface area contributed by atoms with Gasteiger partial charge in [0.25, 0.3) is 0 Å². The van der Waals surface area contributed by atoms with Gasteiger partial charge in [-0.05, 0) is 32.1 Å². The molecule has 0 saturated heterocycles. The highest BCUT2D eigenvalue weighted by molar-refractivity contribution is 9.12. The molecule has 0 aromatic rings. The van der Waals surface area contributed by atoms with Crippen molar-refractivity contribution < 1.29 is 9.53 Å². The summed E-state index contributed by atoms with van der Waals surface area (Å²) in [5.41, 5.74) is 0. The molecule has 0 aliphatic heterocycles. The molecule has 0 N–H and O–H groups in total. The largest absolute Gasteiger partial charge is 0.463 e. The normalized spacial score (nSPS) is 20.2. The summed E-state index contributed by atoms with van der Waals surface area (Å²) in [4.78, 5) is 11.7. The van der Waals surface area contributed by atoms with E-state index < -0.39 is 0 Å². The first-order valence-electron chi connectivity index (χ1n) is 5.01. The smallest absolute Gasteiger partial charge is 0.306 e. The van der Waals surface area contributed by atoms with Crippen molar-refractivity contribution in [3.05, 3.63) is 0 Å². The Kier molecular flexibility index (Phi) is 5.45. The molecule has 1 rings (SSSR count). The summed E-state index contributed by atoms with van der Waals surface area (Å²) in [5, 5.41) is 0.886. The van der Waals surface area contributed by atoms with Gasteiger partial charge in [-0.25, -0.2) is 0 Å². The molecule has 2 atom stereocenters. The molecule has 82 valence electrons. The monoisotopic (exact) mass is 326 g/mol. The number of rotatable bonds is 6. The minimum atomic E-state index is -0.0331. The van der Waals surface area contributed by atoms with Gasteiger partial charge in [-0.15, -0.1) is 0 Å². The molecule has 0 bridgehead atoms. The van der Waals surface area contributed by atoms with Crippen molar-refractivity contribution in [2.24, 2.45) is 5.92 Å². The Hall–Kier alpha value is 0.430. The minimum absolute atomic E-state index is 0.0168. The number of hydrogen-bond acceptors (Lipinski definition) is 2. The number of hydrogen-bond donors (Lipinski definition) is 0. The van der Waals surface area contributed by atoms with Crippen molar-refractivity contribution >= 4 is 37.8 Å². The molecular formula is C10H16Br2O2. The molecule has 1 unspecified atom stereocenters. The van der Waals surface area contributed by atoms with E-state index in [1.807, 2.05) is 6.92 Å². The molecule has 1 aliphatic rings. The Morgan fingerprint density at radius 3 is 2.71 bits per heavy atom. The molecule has 14 heavy (non-hydrogen) atoms. The maximum absolute atomic E-state index is 11.3. The van der Waals surface area contributed by atoms with Crippen molar-refractivity contribution in [3.63, 3.8) is 0 Å². The summed E-state index contributed by atoms with van der Waals surface area (Å²) in [6.45, 7) is 1.95. The number of esters is 1. The lowest BCUT2D eigenvalue weighted by Crippen LogP contribution is -2.19. The van der Waals surface area contributed by atoms with E-state index in [2.05, 4.69) is 31.9 Å². The molecule has 0 spiro atoms. The van der Waals surface area contributed by atoms with Crippen LogP contribution in [-0.4, -0.2) is 22.2 Å². The van der Waals surface area contributed by atoms with Gasteiger partial charge in [0.05, 0.1) is 0 Å². The highest BCUT2D eigenvalue weighted by atomic mass is 79.9. The summed E-state index contributed by atoms with van der Waals surface area (Å²) in [6.07, 6.45) is 3.90. The van der Waals surface area contributed by atoms with Gasteiger partial charge >= 0.3 is 5.97 Å². The Morgan fingerprint density at radius 2 is 2.21 bits per heavy atom. The van der Waals surface area contributed by atoms with Crippen LogP contribution in [0, 0.1) is 5.92 Å². The zero-order chi connectivity index (χ0) is 10.6. The fraction of sp³-hybridized carbons (Fsp3) is 0.900. The summed E-state index contributed by atoms with van der Waals surface area (Å²) >= 11 is 6.86. The van der Waals surface area contributed by atoms with E-state index in [-0.39, 0.29) is 12.1 Å². The number of halogens is 2. The molecular weight excluding hydrogens is 312 g/mol. The van der Waals surface area contributed by atoms with Crippen LogP contribution in [0.15, 0.2) is 0 Å². The molecule has 0 radical (unpaired) electrons. The van der Waals surface area contributed by atoms with Crippen LogP contribution < -0.4 is 0 Å². The quantitative estimate of drug-likeness (QED) is 0.553. The van der Waals surface area contributed by atoms with E-state index in [0.717, 1.165) is 11.8 Å². The first-order chi connectivity index (χ1) is 6.61. The predicted molar refractivity (Wildman–Crippen MR) is 64.0 cm³/mol. The maximum Gasteiger partial charge on any atom is 0.306 e. The maximum atomic E-state index is 11.3. The minimum Gasteiger partial charge on any atom is -0.463 e. The van der Waals surface area contributed by atoms with Crippen molar-refractivity contribution in [3.8, 4) is 0 Å². The van der Waals surface area contributed by atoms with Gasteiger partial charge in [0.2, 0.25) is 0 Å². The number of alkyl halides is 2. The summed E-state index contributed by atoms with van der Waals surface area (Å²) in [5.74, 6) is 0.583. The summed E-state index contributed by atoms with van der Waals surface area (Å²) < 4.78 is 5.28. The zero-order valence-electron chi connectivity index (χ0n) is 8.34. The van der Waals surface area contributed by atoms with E-state index in [1.165, 1.54) is 12.8 Å². The third-order valence-electron chi connectivity index (χ3n) is 2.24. The van der Waals surface area contributed by atoms with Crippen molar-refractivity contribution in [2.75, 3.05) is 5.33 Å². The Morgan fingerprint density at radius 1 is 1.57 bits per heavy atom. The Bertz CT molecular complexity index is 193. The van der Waals surface area contributed by atoms with Crippen LogP contribution in [0.25, 0.3) is 0 Å². The average Bonchev–Trinajstić information content (AvgIpc) is 2.87. The second kappa shape index (κ2) is 6.11. The highest BCUT2D eigenvalue weighted by Crippen LogP contribution is 2.32. The topological polar surface area (TPSA) is 26.3 Å². The van der Waals surface area contributed by atoms with Crippen LogP contribution in [0.3, 0.4) is 0 Å². The highest BCUT2D eigenvalue weighted by Gasteiger charge is 2.26. The SMILES string of the molecule is C[C@H](CC(Br)CBr)OC(=O)CC1CC1. The van der Waals surface area contributed by atoms with Crippen LogP contribution in [0.2, 0.25) is 0 Å². The van der Waals surface area contributed by atoms with E-state index >= 15 is 0 Å². The van der Waals surface area contributed by atoms with Gasteiger partial charge in [-0.2, -0.15) is 0 Å². The van der Waals surface area contributed by atoms with Crippen molar-refractivity contribution in [1.29, 1.82) is 0 Å². The zero-order valence-corrected chi connectivity index (χ0v) is 11.5. The lowest BCUT2D eigenvalue weighted by Gasteiger charge is -2.15. The van der Waals surface area contributed by atoms with Gasteiger partial charge in [-0.1, -0.05) is 31.9 Å². The van der Waals surface area contributed by atoms with E-state index in [9.17, 15) is 4.79 Å². The lowest BCUT2D eigenvalue weighted by atomic mass is 10.2. The standard InChI is InChI=1S/C10H16Br2O2/c1-7(4-9(12)6-11)14-10(13)5-8-2-3-8/h7-9H,2-6H2,1H3/t7-,9?/m1/s1. The molecule has 1 saturated carbocycles. The van der Waals surface area contributed by atoms with E-state index in [4.69, 9.17) is 4.74 Å². The van der Waals surface area contributed by atoms with Crippen molar-refractivity contribution in [1.82, 2.24) is 0 Å². The predicted octanol–water partition coefficient (Wildman–Crippen LogP) is 3.27. The summed E-state index contributed by atoms with van der Waals surface area (Å²) in [6, 6.07) is 0. The fourth-order valence-corrected chi connectivity index (χ4v) is 2.09. The molecule has 0 heterocycles. The first-order valence-corrected chi connectivity index (χ1v) is 7.05. The molecule has 0 aromatic carbocycles. The Labute approximate surface area is 102 Å². The van der Waals surface area contributed by atoms with Crippen LogP contribution in [-0.2, 0) is 9.53 Å². The second-order valence-corrected chi connectivity index (χ2v) is 5.88. The van der Waals surface area contributed by atoms with Gasteiger partial charge in [-0.3, -0.25) is 4.79 Å². The van der Waals surface area contributed by atoms with E-state index in [0.29, 0.717) is 17.2 Å². The molecule has 1 aliphatic carbocycles. The third kappa shape index (κ3) is 5.35. The van der Waals surface area contributed by atoms with Crippen LogP contribution >= 0.6 is 31.9 Å². The number of ether oxygens (including phenoxy) is 1. The molecule has 4 heteroatoms. The number of carbonyl (C=O) groups excluding carboxylic acids is 1. The fourth-order valence-electron chi connectivity index (χ4n) is 1.30. The van der Waals surface area contributed by atoms with Crippen LogP contribution in [0.5, 0.6) is 0 Å². The lowest BCUT2D eigenvalue weighted by molar-refractivity contribution is -0.148. The molecule has 0 amide bonds. The van der Waals surface area contributed by atoms with E-state index in [1.54, 1.807) is 0 Å². The van der Waals surface area contributed by atoms with Crippen LogP contribution in [0.4, 0.5) is 0 Å². The molecule has 2 nitrogen and oxygen atoms in total. The van der Waals surface area contributed by atoms with Gasteiger partial charge in [0.15, 0.2) is 0 Å². The Balaban J connectivity index is 2.11.